The van der Waals surface area contributed by atoms with Gasteiger partial charge in [0.05, 0.1) is 0 Å². The van der Waals surface area contributed by atoms with Crippen LogP contribution in [-0.2, 0) is 14.3 Å². The van der Waals surface area contributed by atoms with Crippen molar-refractivity contribution in [2.75, 3.05) is 54.0 Å². The smallest absolute Gasteiger partial charge is 0.221 e. The van der Waals surface area contributed by atoms with E-state index in [1.165, 1.54) is 6.92 Å². The van der Waals surface area contributed by atoms with E-state index in [9.17, 15) is 9.59 Å². The van der Waals surface area contributed by atoms with Crippen LogP contribution in [-0.4, -0.2) is 75.6 Å². The molecule has 0 aliphatic heterocycles. The number of carbonyl (C=O) groups excluding carboxylic acids is 2. The zero-order valence-corrected chi connectivity index (χ0v) is 12.6. The Hall–Kier alpha value is -1.14. The van der Waals surface area contributed by atoms with Gasteiger partial charge in [-0.3, -0.25) is 9.59 Å². The third-order valence-corrected chi connectivity index (χ3v) is 2.71. The SMILES string of the molecule is COCCCN(CCC(=O)NCCN(C)C)C(C)=O. The Labute approximate surface area is 116 Å². The first-order chi connectivity index (χ1) is 8.97. The summed E-state index contributed by atoms with van der Waals surface area (Å²) in [6, 6.07) is 0. The van der Waals surface area contributed by atoms with E-state index in [0.717, 1.165) is 13.0 Å². The molecule has 0 radical (unpaired) electrons. The summed E-state index contributed by atoms with van der Waals surface area (Å²) in [7, 11) is 5.55. The highest BCUT2D eigenvalue weighted by atomic mass is 16.5. The summed E-state index contributed by atoms with van der Waals surface area (Å²) in [5.74, 6) is -0.0166. The van der Waals surface area contributed by atoms with Crippen LogP contribution in [0.4, 0.5) is 0 Å². The van der Waals surface area contributed by atoms with E-state index in [4.69, 9.17) is 4.74 Å². The van der Waals surface area contributed by atoms with Gasteiger partial charge in [0.1, 0.15) is 0 Å². The van der Waals surface area contributed by atoms with Crippen molar-refractivity contribution in [2.45, 2.75) is 19.8 Å². The number of ether oxygens (including phenoxy) is 1. The highest BCUT2D eigenvalue weighted by Crippen LogP contribution is 1.96. The molecule has 0 aromatic rings. The lowest BCUT2D eigenvalue weighted by atomic mass is 10.3. The summed E-state index contributed by atoms with van der Waals surface area (Å²) in [6.45, 7) is 4.70. The summed E-state index contributed by atoms with van der Waals surface area (Å²) >= 11 is 0. The molecular formula is C13H27N3O3. The van der Waals surface area contributed by atoms with E-state index in [1.54, 1.807) is 12.0 Å². The van der Waals surface area contributed by atoms with E-state index in [-0.39, 0.29) is 11.8 Å². The lowest BCUT2D eigenvalue weighted by Crippen LogP contribution is -2.36. The van der Waals surface area contributed by atoms with E-state index >= 15 is 0 Å². The largest absolute Gasteiger partial charge is 0.385 e. The van der Waals surface area contributed by atoms with Gasteiger partial charge in [-0.25, -0.2) is 0 Å². The van der Waals surface area contributed by atoms with Gasteiger partial charge in [0, 0.05) is 53.2 Å². The van der Waals surface area contributed by atoms with Gasteiger partial charge in [-0.1, -0.05) is 0 Å². The molecule has 0 bridgehead atoms. The Morgan fingerprint density at radius 2 is 1.84 bits per heavy atom. The molecule has 2 amide bonds. The standard InChI is InChI=1S/C13H27N3O3/c1-12(17)16(8-5-11-19-4)9-6-13(18)14-7-10-15(2)3/h5-11H2,1-4H3,(H,14,18). The highest BCUT2D eigenvalue weighted by Gasteiger charge is 2.10. The second-order valence-corrected chi connectivity index (χ2v) is 4.76. The second-order valence-electron chi connectivity index (χ2n) is 4.76. The monoisotopic (exact) mass is 273 g/mol. The first kappa shape index (κ1) is 17.9. The molecule has 0 unspecified atom stereocenters. The summed E-state index contributed by atoms with van der Waals surface area (Å²) in [5, 5.41) is 2.83. The summed E-state index contributed by atoms with van der Waals surface area (Å²) in [6.07, 6.45) is 1.14. The van der Waals surface area contributed by atoms with Crippen molar-refractivity contribution in [2.24, 2.45) is 0 Å². The minimum atomic E-state index is -0.0140. The topological polar surface area (TPSA) is 61.9 Å². The molecule has 0 atom stereocenters. The van der Waals surface area contributed by atoms with Crippen LogP contribution >= 0.6 is 0 Å². The fourth-order valence-electron chi connectivity index (χ4n) is 1.57. The summed E-state index contributed by atoms with van der Waals surface area (Å²) in [4.78, 5) is 26.7. The zero-order valence-electron chi connectivity index (χ0n) is 12.6. The van der Waals surface area contributed by atoms with E-state index in [1.807, 2.05) is 19.0 Å². The van der Waals surface area contributed by atoms with Crippen LogP contribution in [0.25, 0.3) is 0 Å². The molecule has 0 heterocycles. The number of nitrogens with one attached hydrogen (secondary N) is 1. The molecule has 0 saturated heterocycles. The van der Waals surface area contributed by atoms with Gasteiger partial charge in [-0.15, -0.1) is 0 Å². The normalized spacial score (nSPS) is 10.6. The van der Waals surface area contributed by atoms with Gasteiger partial charge in [-0.05, 0) is 20.5 Å². The lowest BCUT2D eigenvalue weighted by Gasteiger charge is -2.20. The van der Waals surface area contributed by atoms with Crippen LogP contribution in [0.15, 0.2) is 0 Å². The number of rotatable bonds is 10. The number of hydrogen-bond acceptors (Lipinski definition) is 4. The number of methoxy groups -OCH3 is 1. The van der Waals surface area contributed by atoms with Crippen LogP contribution in [0, 0.1) is 0 Å². The van der Waals surface area contributed by atoms with Gasteiger partial charge < -0.3 is 19.9 Å². The molecule has 6 heteroatoms. The van der Waals surface area contributed by atoms with Crippen molar-refractivity contribution in [3.63, 3.8) is 0 Å². The van der Waals surface area contributed by atoms with Crippen LogP contribution in [0.1, 0.15) is 19.8 Å². The summed E-state index contributed by atoms with van der Waals surface area (Å²) < 4.78 is 4.95. The predicted octanol–water partition coefficient (Wildman–Crippen LogP) is -0.0607. The Balaban J connectivity index is 3.83. The van der Waals surface area contributed by atoms with Crippen LogP contribution < -0.4 is 5.32 Å². The number of hydrogen-bond donors (Lipinski definition) is 1. The third-order valence-electron chi connectivity index (χ3n) is 2.71. The molecule has 0 rings (SSSR count). The van der Waals surface area contributed by atoms with Crippen molar-refractivity contribution in [1.82, 2.24) is 15.1 Å². The number of carbonyl (C=O) groups is 2. The average Bonchev–Trinajstić information content (AvgIpc) is 2.32. The molecule has 1 N–H and O–H groups in total. The van der Waals surface area contributed by atoms with Crippen molar-refractivity contribution >= 4 is 11.8 Å². The van der Waals surface area contributed by atoms with E-state index < -0.39 is 0 Å². The van der Waals surface area contributed by atoms with E-state index in [2.05, 4.69) is 5.32 Å². The summed E-state index contributed by atoms with van der Waals surface area (Å²) in [5.41, 5.74) is 0. The Kier molecular flexibility index (Phi) is 10.1. The maximum Gasteiger partial charge on any atom is 0.221 e. The first-order valence-corrected chi connectivity index (χ1v) is 6.63. The zero-order chi connectivity index (χ0) is 14.7. The Morgan fingerprint density at radius 3 is 2.37 bits per heavy atom. The van der Waals surface area contributed by atoms with Gasteiger partial charge in [0.15, 0.2) is 0 Å². The van der Waals surface area contributed by atoms with E-state index in [0.29, 0.717) is 32.7 Å². The molecule has 0 aliphatic carbocycles. The fraction of sp³-hybridized carbons (Fsp3) is 0.846. The highest BCUT2D eigenvalue weighted by molar-refractivity contribution is 5.77. The van der Waals surface area contributed by atoms with Gasteiger partial charge in [0.2, 0.25) is 11.8 Å². The molecular weight excluding hydrogens is 246 g/mol. The fourth-order valence-corrected chi connectivity index (χ4v) is 1.57. The molecule has 6 nitrogen and oxygen atoms in total. The van der Waals surface area contributed by atoms with Crippen LogP contribution in [0.3, 0.4) is 0 Å². The number of likely N-dealkylation sites (N-methyl/N-ethyl adjacent to an activating group) is 1. The quantitative estimate of drug-likeness (QED) is 0.566. The van der Waals surface area contributed by atoms with Crippen LogP contribution in [0.2, 0.25) is 0 Å². The van der Waals surface area contributed by atoms with Gasteiger partial charge in [-0.2, -0.15) is 0 Å². The Morgan fingerprint density at radius 1 is 1.16 bits per heavy atom. The Bertz CT molecular complexity index is 270. The molecule has 0 spiro atoms. The molecule has 112 valence electrons. The van der Waals surface area contributed by atoms with Crippen LogP contribution in [0.5, 0.6) is 0 Å². The average molecular weight is 273 g/mol. The molecule has 19 heavy (non-hydrogen) atoms. The van der Waals surface area contributed by atoms with Gasteiger partial charge in [0.25, 0.3) is 0 Å². The molecule has 0 aliphatic rings. The van der Waals surface area contributed by atoms with Crippen molar-refractivity contribution in [1.29, 1.82) is 0 Å². The van der Waals surface area contributed by atoms with Crippen molar-refractivity contribution in [3.05, 3.63) is 0 Å². The maximum absolute atomic E-state index is 11.6. The first-order valence-electron chi connectivity index (χ1n) is 6.63. The second kappa shape index (κ2) is 10.8. The maximum atomic E-state index is 11.6. The minimum Gasteiger partial charge on any atom is -0.385 e. The molecule has 0 fully saturated rings. The third kappa shape index (κ3) is 10.5. The molecule has 0 saturated carbocycles. The predicted molar refractivity (Wildman–Crippen MR) is 74.9 cm³/mol. The van der Waals surface area contributed by atoms with Gasteiger partial charge >= 0.3 is 0 Å². The molecule has 0 aromatic heterocycles. The molecule has 0 aromatic carbocycles. The number of amides is 2. The van der Waals surface area contributed by atoms with Crippen molar-refractivity contribution < 1.29 is 14.3 Å². The minimum absolute atomic E-state index is 0.00260. The lowest BCUT2D eigenvalue weighted by molar-refractivity contribution is -0.129. The number of nitrogens with zero attached hydrogens (tertiary/aromatic N) is 2. The van der Waals surface area contributed by atoms with Crippen molar-refractivity contribution in [3.8, 4) is 0 Å².